The van der Waals surface area contributed by atoms with E-state index in [0.29, 0.717) is 12.3 Å². The number of aromatic nitrogens is 2. The molecule has 5 heteroatoms. The van der Waals surface area contributed by atoms with Gasteiger partial charge in [0.05, 0.1) is 6.61 Å². The third-order valence-electron chi connectivity index (χ3n) is 2.59. The summed E-state index contributed by atoms with van der Waals surface area (Å²) >= 11 is 0. The van der Waals surface area contributed by atoms with Crippen molar-refractivity contribution in [2.24, 2.45) is 7.05 Å². The monoisotopic (exact) mass is 245 g/mol. The quantitative estimate of drug-likeness (QED) is 0.832. The molecular weight excluding hydrogens is 230 g/mol. The van der Waals surface area contributed by atoms with Crippen molar-refractivity contribution >= 4 is 5.91 Å². The fourth-order valence-corrected chi connectivity index (χ4v) is 1.48. The summed E-state index contributed by atoms with van der Waals surface area (Å²) in [5, 5.41) is 4.06. The van der Waals surface area contributed by atoms with Crippen molar-refractivity contribution in [3.05, 3.63) is 53.3 Å². The Bertz CT molecular complexity index is 515. The average molecular weight is 245 g/mol. The molecule has 0 aliphatic heterocycles. The molecule has 0 fully saturated rings. The standard InChI is InChI=1S/C13H15N3O2/c1-10-8-12(14-16(10)2)13(17)15-18-9-11-6-4-3-5-7-11/h3-8H,9H2,1-2H3,(H,15,17). The Balaban J connectivity index is 1.85. The van der Waals surface area contributed by atoms with Crippen molar-refractivity contribution in [2.75, 3.05) is 0 Å². The molecule has 1 amide bonds. The minimum Gasteiger partial charge on any atom is -0.272 e. The summed E-state index contributed by atoms with van der Waals surface area (Å²) in [7, 11) is 1.79. The Hall–Kier alpha value is -2.14. The Morgan fingerprint density at radius 2 is 2.11 bits per heavy atom. The molecule has 0 aliphatic rings. The van der Waals surface area contributed by atoms with E-state index in [0.717, 1.165) is 11.3 Å². The van der Waals surface area contributed by atoms with Crippen LogP contribution in [0.25, 0.3) is 0 Å². The van der Waals surface area contributed by atoms with Gasteiger partial charge in [0.15, 0.2) is 5.69 Å². The number of benzene rings is 1. The lowest BCUT2D eigenvalue weighted by atomic mass is 10.2. The van der Waals surface area contributed by atoms with Crippen molar-refractivity contribution < 1.29 is 9.63 Å². The molecular formula is C13H15N3O2. The number of carbonyl (C=O) groups excluding carboxylic acids is 1. The van der Waals surface area contributed by atoms with Crippen molar-refractivity contribution in [1.29, 1.82) is 0 Å². The number of hydrogen-bond donors (Lipinski definition) is 1. The highest BCUT2D eigenvalue weighted by Crippen LogP contribution is 2.02. The van der Waals surface area contributed by atoms with Gasteiger partial charge in [0.25, 0.3) is 5.91 Å². The molecule has 1 heterocycles. The van der Waals surface area contributed by atoms with Crippen LogP contribution in [0.5, 0.6) is 0 Å². The third kappa shape index (κ3) is 2.95. The molecule has 0 saturated heterocycles. The number of nitrogens with one attached hydrogen (secondary N) is 1. The van der Waals surface area contributed by atoms with Crippen LogP contribution in [-0.2, 0) is 18.5 Å². The number of aryl methyl sites for hydroxylation is 2. The van der Waals surface area contributed by atoms with Gasteiger partial charge in [0.1, 0.15) is 0 Å². The lowest BCUT2D eigenvalue weighted by molar-refractivity contribution is 0.0229. The van der Waals surface area contributed by atoms with Crippen LogP contribution >= 0.6 is 0 Å². The van der Waals surface area contributed by atoms with E-state index in [1.165, 1.54) is 0 Å². The smallest absolute Gasteiger partial charge is 0.272 e. The maximum Gasteiger partial charge on any atom is 0.295 e. The van der Waals surface area contributed by atoms with Gasteiger partial charge in [0.2, 0.25) is 0 Å². The predicted molar refractivity (Wildman–Crippen MR) is 66.6 cm³/mol. The first-order chi connectivity index (χ1) is 8.66. The fourth-order valence-electron chi connectivity index (χ4n) is 1.48. The Morgan fingerprint density at radius 3 is 2.72 bits per heavy atom. The molecule has 0 bridgehead atoms. The van der Waals surface area contributed by atoms with Crippen LogP contribution < -0.4 is 5.48 Å². The first kappa shape index (κ1) is 12.3. The molecule has 2 aromatic rings. The van der Waals surface area contributed by atoms with Gasteiger partial charge >= 0.3 is 0 Å². The predicted octanol–water partition coefficient (Wildman–Crippen LogP) is 1.59. The van der Waals surface area contributed by atoms with Crippen molar-refractivity contribution in [3.63, 3.8) is 0 Å². The van der Waals surface area contributed by atoms with E-state index in [1.807, 2.05) is 37.3 Å². The Morgan fingerprint density at radius 1 is 1.39 bits per heavy atom. The van der Waals surface area contributed by atoms with Gasteiger partial charge in [-0.2, -0.15) is 5.10 Å². The summed E-state index contributed by atoms with van der Waals surface area (Å²) in [6, 6.07) is 11.3. The van der Waals surface area contributed by atoms with Crippen LogP contribution in [-0.4, -0.2) is 15.7 Å². The zero-order chi connectivity index (χ0) is 13.0. The SMILES string of the molecule is Cc1cc(C(=O)NOCc2ccccc2)nn1C. The highest BCUT2D eigenvalue weighted by Gasteiger charge is 2.10. The zero-order valence-electron chi connectivity index (χ0n) is 10.4. The van der Waals surface area contributed by atoms with Crippen LogP contribution in [0, 0.1) is 6.92 Å². The minimum absolute atomic E-state index is 0.332. The Labute approximate surface area is 105 Å². The summed E-state index contributed by atoms with van der Waals surface area (Å²) < 4.78 is 1.64. The number of amides is 1. The minimum atomic E-state index is -0.338. The van der Waals surface area contributed by atoms with Gasteiger partial charge in [0, 0.05) is 12.7 Å². The number of nitrogens with zero attached hydrogens (tertiary/aromatic N) is 2. The molecule has 1 aromatic carbocycles. The summed E-state index contributed by atoms with van der Waals surface area (Å²) in [5.74, 6) is -0.338. The first-order valence-corrected chi connectivity index (χ1v) is 5.63. The summed E-state index contributed by atoms with van der Waals surface area (Å²) in [5.41, 5.74) is 4.64. The van der Waals surface area contributed by atoms with E-state index >= 15 is 0 Å². The molecule has 94 valence electrons. The van der Waals surface area contributed by atoms with Crippen molar-refractivity contribution in [2.45, 2.75) is 13.5 Å². The third-order valence-corrected chi connectivity index (χ3v) is 2.59. The molecule has 0 aliphatic carbocycles. The lowest BCUT2D eigenvalue weighted by Gasteiger charge is -2.03. The zero-order valence-corrected chi connectivity index (χ0v) is 10.4. The van der Waals surface area contributed by atoms with Crippen molar-refractivity contribution in [3.8, 4) is 0 Å². The van der Waals surface area contributed by atoms with Crippen LogP contribution in [0.3, 0.4) is 0 Å². The second kappa shape index (κ2) is 5.46. The van der Waals surface area contributed by atoms with E-state index in [9.17, 15) is 4.79 Å². The van der Waals surface area contributed by atoms with E-state index in [-0.39, 0.29) is 5.91 Å². The fraction of sp³-hybridized carbons (Fsp3) is 0.231. The number of carbonyl (C=O) groups is 1. The largest absolute Gasteiger partial charge is 0.295 e. The highest BCUT2D eigenvalue weighted by molar-refractivity contribution is 5.91. The van der Waals surface area contributed by atoms with E-state index in [2.05, 4.69) is 10.6 Å². The van der Waals surface area contributed by atoms with Crippen LogP contribution in [0.1, 0.15) is 21.7 Å². The van der Waals surface area contributed by atoms with E-state index in [1.54, 1.807) is 17.8 Å². The summed E-state index contributed by atoms with van der Waals surface area (Å²) in [6.45, 7) is 2.22. The maximum absolute atomic E-state index is 11.7. The van der Waals surface area contributed by atoms with Gasteiger partial charge in [-0.15, -0.1) is 0 Å². The highest BCUT2D eigenvalue weighted by atomic mass is 16.6. The molecule has 0 spiro atoms. The molecule has 1 N–H and O–H groups in total. The van der Waals surface area contributed by atoms with Crippen LogP contribution in [0.2, 0.25) is 0 Å². The molecule has 1 aromatic heterocycles. The topological polar surface area (TPSA) is 56.1 Å². The number of rotatable bonds is 4. The van der Waals surface area contributed by atoms with E-state index in [4.69, 9.17) is 4.84 Å². The van der Waals surface area contributed by atoms with E-state index < -0.39 is 0 Å². The number of hydrogen-bond acceptors (Lipinski definition) is 3. The average Bonchev–Trinajstić information content (AvgIpc) is 2.71. The normalized spacial score (nSPS) is 10.3. The summed E-state index contributed by atoms with van der Waals surface area (Å²) in [4.78, 5) is 16.8. The molecule has 5 nitrogen and oxygen atoms in total. The molecule has 0 atom stereocenters. The second-order valence-electron chi connectivity index (χ2n) is 4.00. The second-order valence-corrected chi connectivity index (χ2v) is 4.00. The molecule has 18 heavy (non-hydrogen) atoms. The van der Waals surface area contributed by atoms with Gasteiger partial charge in [-0.3, -0.25) is 14.3 Å². The number of hydroxylamine groups is 1. The van der Waals surface area contributed by atoms with Crippen LogP contribution in [0.4, 0.5) is 0 Å². The maximum atomic E-state index is 11.7. The molecule has 2 rings (SSSR count). The van der Waals surface area contributed by atoms with Gasteiger partial charge in [-0.25, -0.2) is 5.48 Å². The van der Waals surface area contributed by atoms with Gasteiger partial charge in [-0.1, -0.05) is 30.3 Å². The molecule has 0 radical (unpaired) electrons. The van der Waals surface area contributed by atoms with Gasteiger partial charge < -0.3 is 0 Å². The molecule has 0 unspecified atom stereocenters. The van der Waals surface area contributed by atoms with Crippen LogP contribution in [0.15, 0.2) is 36.4 Å². The van der Waals surface area contributed by atoms with Crippen molar-refractivity contribution in [1.82, 2.24) is 15.3 Å². The van der Waals surface area contributed by atoms with Gasteiger partial charge in [-0.05, 0) is 18.6 Å². The Kier molecular flexibility index (Phi) is 3.74. The first-order valence-electron chi connectivity index (χ1n) is 5.63. The summed E-state index contributed by atoms with van der Waals surface area (Å²) in [6.07, 6.45) is 0. The lowest BCUT2D eigenvalue weighted by Crippen LogP contribution is -2.24. The molecule has 0 saturated carbocycles.